The third-order valence-electron chi connectivity index (χ3n) is 5.65. The molecular weight excluding hydrogens is 436 g/mol. The Labute approximate surface area is 190 Å². The number of aromatic nitrogens is 3. The fourth-order valence-electron chi connectivity index (χ4n) is 3.87. The van der Waals surface area contributed by atoms with Gasteiger partial charge in [-0.2, -0.15) is 0 Å². The number of thiol groups is 1. The van der Waals surface area contributed by atoms with E-state index in [0.29, 0.717) is 31.3 Å². The highest BCUT2D eigenvalue weighted by atomic mass is 32.1. The molecule has 0 unspecified atom stereocenters. The van der Waals surface area contributed by atoms with Crippen molar-refractivity contribution in [2.24, 2.45) is 14.1 Å². The summed E-state index contributed by atoms with van der Waals surface area (Å²) >= 11 is 5.87. The molecule has 2 aliphatic heterocycles. The van der Waals surface area contributed by atoms with Crippen LogP contribution in [0.15, 0.2) is 20.4 Å². The van der Waals surface area contributed by atoms with E-state index in [0.717, 1.165) is 40.8 Å². The predicted octanol–water partition coefficient (Wildman–Crippen LogP) is 0.713. The first kappa shape index (κ1) is 21.8. The maximum Gasteiger partial charge on any atom is 0.332 e. The zero-order valence-corrected chi connectivity index (χ0v) is 19.4. The van der Waals surface area contributed by atoms with Crippen LogP contribution in [0, 0.1) is 0 Å². The van der Waals surface area contributed by atoms with Crippen LogP contribution in [0.2, 0.25) is 0 Å². The quantitative estimate of drug-likeness (QED) is 0.424. The van der Waals surface area contributed by atoms with E-state index in [1.54, 1.807) is 12.5 Å². The topological polar surface area (TPSA) is 99.5 Å². The number of anilines is 3. The second kappa shape index (κ2) is 9.37. The highest BCUT2D eigenvalue weighted by Gasteiger charge is 2.26. The number of nitrogens with zero attached hydrogens (tertiary/aromatic N) is 5. The van der Waals surface area contributed by atoms with Gasteiger partial charge in [0.1, 0.15) is 11.5 Å². The first-order valence-electron chi connectivity index (χ1n) is 10.3. The van der Waals surface area contributed by atoms with Crippen molar-refractivity contribution in [3.63, 3.8) is 0 Å². The summed E-state index contributed by atoms with van der Waals surface area (Å²) in [4.78, 5) is 33.6. The van der Waals surface area contributed by atoms with E-state index in [4.69, 9.17) is 0 Å². The first-order chi connectivity index (χ1) is 15.0. The smallest absolute Gasteiger partial charge is 0.332 e. The van der Waals surface area contributed by atoms with E-state index in [1.165, 1.54) is 35.8 Å². The van der Waals surface area contributed by atoms with Crippen LogP contribution in [0.3, 0.4) is 0 Å². The Balaban J connectivity index is 1.34. The van der Waals surface area contributed by atoms with Gasteiger partial charge in [-0.25, -0.2) is 9.78 Å². The third kappa shape index (κ3) is 4.46. The molecule has 0 aromatic carbocycles. The Hall–Kier alpha value is -2.44. The molecule has 4 rings (SSSR count). The fourth-order valence-corrected chi connectivity index (χ4v) is 4.83. The molecule has 1 fully saturated rings. The second-order valence-electron chi connectivity index (χ2n) is 7.67. The van der Waals surface area contributed by atoms with Gasteiger partial charge in [-0.1, -0.05) is 0 Å². The number of hydrogen-bond acceptors (Lipinski definition) is 10. The Morgan fingerprint density at radius 3 is 2.81 bits per heavy atom. The van der Waals surface area contributed by atoms with Crippen molar-refractivity contribution in [2.45, 2.75) is 12.8 Å². The molecular formula is C19H28N8O2S2. The summed E-state index contributed by atoms with van der Waals surface area (Å²) in [5, 5.41) is 14.5. The fraction of sp³-hybridized carbons (Fsp3) is 0.526. The first-order valence-corrected chi connectivity index (χ1v) is 11.7. The average Bonchev–Trinajstić information content (AvgIpc) is 3.53. The van der Waals surface area contributed by atoms with E-state index in [1.807, 2.05) is 10.3 Å². The number of thiazole rings is 1. The molecule has 1 saturated heterocycles. The standard InChI is InChI=1S/C19H28N8O2S2/c1-24-16-15(17(28)25(2)19(24)29)27(12-22-16)8-5-20-18-23-14(10-31-18)13(9-30)21-11-26-6-3-4-7-26/h9-10,21-22,30H,3-8,11-12H2,1-2H3,(H,20,23)/b13-9-. The Morgan fingerprint density at radius 2 is 2.06 bits per heavy atom. The molecule has 3 N–H and O–H groups in total. The van der Waals surface area contributed by atoms with Crippen LogP contribution < -0.4 is 32.1 Å². The van der Waals surface area contributed by atoms with Gasteiger partial charge >= 0.3 is 5.69 Å². The van der Waals surface area contributed by atoms with Crippen molar-refractivity contribution in [1.29, 1.82) is 0 Å². The predicted molar refractivity (Wildman–Crippen MR) is 129 cm³/mol. The van der Waals surface area contributed by atoms with Crippen molar-refractivity contribution in [3.8, 4) is 0 Å². The molecule has 0 radical (unpaired) electrons. The number of rotatable bonds is 8. The highest BCUT2D eigenvalue weighted by molar-refractivity contribution is 7.83. The molecule has 2 aromatic heterocycles. The molecule has 4 heterocycles. The Kier molecular flexibility index (Phi) is 6.58. The van der Waals surface area contributed by atoms with Gasteiger partial charge in [-0.3, -0.25) is 18.8 Å². The van der Waals surface area contributed by atoms with Gasteiger partial charge in [0.2, 0.25) is 0 Å². The van der Waals surface area contributed by atoms with Crippen LogP contribution >= 0.6 is 24.0 Å². The van der Waals surface area contributed by atoms with E-state index in [2.05, 4.69) is 38.5 Å². The maximum absolute atomic E-state index is 12.6. The summed E-state index contributed by atoms with van der Waals surface area (Å²) in [6.45, 7) is 4.75. The summed E-state index contributed by atoms with van der Waals surface area (Å²) in [5.74, 6) is 0.567. The highest BCUT2D eigenvalue weighted by Crippen LogP contribution is 2.25. The molecule has 0 spiro atoms. The summed E-state index contributed by atoms with van der Waals surface area (Å²) < 4.78 is 2.61. The van der Waals surface area contributed by atoms with E-state index < -0.39 is 0 Å². The van der Waals surface area contributed by atoms with Gasteiger partial charge in [-0.05, 0) is 31.3 Å². The Morgan fingerprint density at radius 1 is 1.29 bits per heavy atom. The summed E-state index contributed by atoms with van der Waals surface area (Å²) in [7, 11) is 3.16. The average molecular weight is 465 g/mol. The van der Waals surface area contributed by atoms with Gasteiger partial charge in [0.15, 0.2) is 5.13 Å². The SMILES string of the molecule is Cn1c2c(c(=O)n(C)c1=O)N(CCNc1nc(/C(=C/S)NCN3CCCC3)cs1)CN2. The molecule has 0 amide bonds. The summed E-state index contributed by atoms with van der Waals surface area (Å²) in [6.07, 6.45) is 2.51. The number of likely N-dealkylation sites (tertiary alicyclic amines) is 1. The third-order valence-corrected chi connectivity index (χ3v) is 6.71. The van der Waals surface area contributed by atoms with Gasteiger partial charge in [0.25, 0.3) is 5.56 Å². The minimum atomic E-state index is -0.335. The maximum atomic E-state index is 12.6. The minimum Gasteiger partial charge on any atom is -0.370 e. The van der Waals surface area contributed by atoms with Gasteiger partial charge < -0.3 is 20.9 Å². The molecule has 12 heteroatoms. The number of fused-ring (bicyclic) bond motifs is 1. The lowest BCUT2D eigenvalue weighted by Crippen LogP contribution is -2.40. The van der Waals surface area contributed by atoms with E-state index >= 15 is 0 Å². The lowest BCUT2D eigenvalue weighted by atomic mass is 10.4. The van der Waals surface area contributed by atoms with Crippen molar-refractivity contribution < 1.29 is 0 Å². The van der Waals surface area contributed by atoms with Crippen molar-refractivity contribution in [2.75, 3.05) is 55.0 Å². The zero-order chi connectivity index (χ0) is 22.0. The monoisotopic (exact) mass is 464 g/mol. The minimum absolute atomic E-state index is 0.285. The van der Waals surface area contributed by atoms with Crippen LogP contribution in [0.1, 0.15) is 18.5 Å². The molecule has 2 aromatic rings. The van der Waals surface area contributed by atoms with E-state index in [9.17, 15) is 9.59 Å². The summed E-state index contributed by atoms with van der Waals surface area (Å²) in [6, 6.07) is 0. The van der Waals surface area contributed by atoms with Gasteiger partial charge in [-0.15, -0.1) is 24.0 Å². The van der Waals surface area contributed by atoms with Crippen molar-refractivity contribution in [1.82, 2.24) is 24.3 Å². The molecule has 0 bridgehead atoms. The van der Waals surface area contributed by atoms with Gasteiger partial charge in [0.05, 0.1) is 24.7 Å². The lowest BCUT2D eigenvalue weighted by Gasteiger charge is -2.18. The molecule has 0 aliphatic carbocycles. The lowest BCUT2D eigenvalue weighted by molar-refractivity contribution is 0.330. The molecule has 10 nitrogen and oxygen atoms in total. The molecule has 2 aliphatic rings. The molecule has 0 atom stereocenters. The van der Waals surface area contributed by atoms with Crippen molar-refractivity contribution >= 4 is 46.3 Å². The second-order valence-corrected chi connectivity index (χ2v) is 8.79. The van der Waals surface area contributed by atoms with Crippen LogP contribution in [0.5, 0.6) is 0 Å². The van der Waals surface area contributed by atoms with Crippen LogP contribution in [-0.2, 0) is 14.1 Å². The molecule has 168 valence electrons. The summed E-state index contributed by atoms with van der Waals surface area (Å²) in [5.41, 5.74) is 1.67. The van der Waals surface area contributed by atoms with Crippen molar-refractivity contribution in [3.05, 3.63) is 37.3 Å². The molecule has 0 saturated carbocycles. The molecule has 31 heavy (non-hydrogen) atoms. The Bertz CT molecular complexity index is 1080. The van der Waals surface area contributed by atoms with Crippen LogP contribution in [0.25, 0.3) is 5.70 Å². The number of nitrogens with one attached hydrogen (secondary N) is 3. The zero-order valence-electron chi connectivity index (χ0n) is 17.7. The number of hydrogen-bond donors (Lipinski definition) is 4. The van der Waals surface area contributed by atoms with E-state index in [-0.39, 0.29) is 11.2 Å². The largest absolute Gasteiger partial charge is 0.370 e. The van der Waals surface area contributed by atoms with Crippen LogP contribution in [0.4, 0.5) is 16.6 Å². The van der Waals surface area contributed by atoms with Gasteiger partial charge in [0, 0.05) is 32.6 Å². The van der Waals surface area contributed by atoms with Crippen LogP contribution in [-0.4, -0.2) is 58.5 Å². The normalized spacial score (nSPS) is 16.5.